The molecule has 0 aliphatic heterocycles. The molecule has 2 unspecified atom stereocenters. The summed E-state index contributed by atoms with van der Waals surface area (Å²) in [5.41, 5.74) is 0. The zero-order chi connectivity index (χ0) is 60.6. The molecule has 6 heteroatoms. The summed E-state index contributed by atoms with van der Waals surface area (Å²) in [6.07, 6.45) is 94.1. The molecule has 0 aromatic rings. The Labute approximate surface area is 526 Å². The van der Waals surface area contributed by atoms with E-state index >= 15 is 0 Å². The molecule has 3 N–H and O–H groups in total. The lowest BCUT2D eigenvalue weighted by Gasteiger charge is -2.22. The number of allylic oxidation sites excluding steroid dienone is 4. The van der Waals surface area contributed by atoms with E-state index in [0.717, 1.165) is 44.9 Å². The molecule has 0 spiro atoms. The average Bonchev–Trinajstić information content (AvgIpc) is 3.54. The zero-order valence-corrected chi connectivity index (χ0v) is 57.2. The second kappa shape index (κ2) is 73.8. The topological polar surface area (TPSA) is 95.9 Å². The van der Waals surface area contributed by atoms with E-state index in [-0.39, 0.29) is 18.5 Å². The van der Waals surface area contributed by atoms with E-state index in [1.807, 2.05) is 0 Å². The molecular formula is C78H151NO5. The lowest BCUT2D eigenvalue weighted by Crippen LogP contribution is -2.45. The smallest absolute Gasteiger partial charge is 0.305 e. The van der Waals surface area contributed by atoms with Gasteiger partial charge in [0.2, 0.25) is 5.91 Å². The third-order valence-corrected chi connectivity index (χ3v) is 18.3. The minimum Gasteiger partial charge on any atom is -0.466 e. The van der Waals surface area contributed by atoms with Gasteiger partial charge in [-0.25, -0.2) is 0 Å². The highest BCUT2D eigenvalue weighted by Gasteiger charge is 2.20. The van der Waals surface area contributed by atoms with Crippen LogP contribution >= 0.6 is 0 Å². The van der Waals surface area contributed by atoms with Gasteiger partial charge in [0.05, 0.1) is 25.4 Å². The maximum atomic E-state index is 12.5. The number of ether oxygens (including phenoxy) is 1. The largest absolute Gasteiger partial charge is 0.466 e. The van der Waals surface area contributed by atoms with Gasteiger partial charge in [0.1, 0.15) is 0 Å². The van der Waals surface area contributed by atoms with Crippen LogP contribution in [0.5, 0.6) is 0 Å². The third-order valence-electron chi connectivity index (χ3n) is 18.3. The number of rotatable bonds is 73. The normalized spacial score (nSPS) is 12.6. The summed E-state index contributed by atoms with van der Waals surface area (Å²) in [5, 5.41) is 23.3. The number of nitrogens with one attached hydrogen (secondary N) is 1. The van der Waals surface area contributed by atoms with Crippen LogP contribution in [0.3, 0.4) is 0 Å². The minimum atomic E-state index is -0.661. The van der Waals surface area contributed by atoms with Gasteiger partial charge in [-0.05, 0) is 57.8 Å². The lowest BCUT2D eigenvalue weighted by molar-refractivity contribution is -0.143. The molecule has 0 aromatic heterocycles. The van der Waals surface area contributed by atoms with Crippen molar-refractivity contribution < 1.29 is 24.5 Å². The standard InChI is InChI=1S/C78H151NO5/c1-3-5-7-9-11-13-15-17-18-40-44-48-52-56-60-64-68-72-78(83)84-73-69-65-61-57-53-49-45-42-39-37-35-33-31-29-27-25-23-21-19-20-22-24-26-28-30-32-34-36-38-41-43-47-51-55-59-63-67-71-77(82)79-75(74-80)76(81)70-66-62-58-54-50-46-16-14-12-10-8-6-4-2/h19,21,25,27,75-76,80-81H,3-18,20,22-24,26,28-74H2,1-2H3,(H,79,82)/b21-19-,27-25-. The van der Waals surface area contributed by atoms with Crippen molar-refractivity contribution in [3.05, 3.63) is 24.3 Å². The average molecular weight is 1180 g/mol. The fourth-order valence-corrected chi connectivity index (χ4v) is 12.4. The van der Waals surface area contributed by atoms with Crippen molar-refractivity contribution in [3.8, 4) is 0 Å². The van der Waals surface area contributed by atoms with Gasteiger partial charge < -0.3 is 20.3 Å². The number of hydrogen-bond acceptors (Lipinski definition) is 5. The molecule has 0 aromatic carbocycles. The zero-order valence-electron chi connectivity index (χ0n) is 57.2. The number of amides is 1. The number of aliphatic hydroxyl groups excluding tert-OH is 2. The summed E-state index contributed by atoms with van der Waals surface area (Å²) in [7, 11) is 0. The van der Waals surface area contributed by atoms with E-state index in [1.54, 1.807) is 0 Å². The van der Waals surface area contributed by atoms with Gasteiger partial charge in [-0.1, -0.05) is 391 Å². The summed E-state index contributed by atoms with van der Waals surface area (Å²) in [6, 6.07) is -0.538. The van der Waals surface area contributed by atoms with Crippen LogP contribution < -0.4 is 5.32 Å². The fourth-order valence-electron chi connectivity index (χ4n) is 12.4. The molecule has 2 atom stereocenters. The molecule has 0 radical (unpaired) electrons. The summed E-state index contributed by atoms with van der Waals surface area (Å²) >= 11 is 0. The van der Waals surface area contributed by atoms with Crippen LogP contribution in [-0.4, -0.2) is 47.4 Å². The molecule has 84 heavy (non-hydrogen) atoms. The number of hydrogen-bond donors (Lipinski definition) is 3. The fraction of sp³-hybridized carbons (Fsp3) is 0.923. The Bertz CT molecular complexity index is 1320. The molecule has 0 saturated heterocycles. The lowest BCUT2D eigenvalue weighted by atomic mass is 10.0. The van der Waals surface area contributed by atoms with E-state index < -0.39 is 12.1 Å². The Kier molecular flexibility index (Phi) is 72.3. The first kappa shape index (κ1) is 82.3. The van der Waals surface area contributed by atoms with Crippen molar-refractivity contribution in [1.82, 2.24) is 5.32 Å². The SMILES string of the molecule is CCCCCCCCCCCCCCCCCCCC(=O)OCCCCCCCCCCCCCCC/C=C\C/C=C\CCCCCCCCCCCCCCCCCCCC(=O)NC(CO)C(O)CCCCCCCCCCCCCCC. The second-order valence-electron chi connectivity index (χ2n) is 26.7. The Morgan fingerprint density at radius 1 is 0.333 bits per heavy atom. The van der Waals surface area contributed by atoms with Gasteiger partial charge in [0.25, 0.3) is 0 Å². The van der Waals surface area contributed by atoms with E-state index in [0.29, 0.717) is 25.9 Å². The number of carbonyl (C=O) groups excluding carboxylic acids is 2. The summed E-state index contributed by atoms with van der Waals surface area (Å²) in [4.78, 5) is 24.6. The molecular weight excluding hydrogens is 1030 g/mol. The molecule has 0 bridgehead atoms. The second-order valence-corrected chi connectivity index (χ2v) is 26.7. The number of carbonyl (C=O) groups is 2. The van der Waals surface area contributed by atoms with E-state index in [2.05, 4.69) is 43.5 Å². The predicted octanol–water partition coefficient (Wildman–Crippen LogP) is 25.3. The summed E-state index contributed by atoms with van der Waals surface area (Å²) in [5.74, 6) is -0.00620. The molecule has 0 fully saturated rings. The van der Waals surface area contributed by atoms with Gasteiger partial charge in [-0.2, -0.15) is 0 Å². The quantitative estimate of drug-likeness (QED) is 0.0320. The Hall–Kier alpha value is -1.66. The van der Waals surface area contributed by atoms with Gasteiger partial charge >= 0.3 is 5.97 Å². The summed E-state index contributed by atoms with van der Waals surface area (Å²) in [6.45, 7) is 5.00. The maximum Gasteiger partial charge on any atom is 0.305 e. The van der Waals surface area contributed by atoms with Crippen molar-refractivity contribution in [2.75, 3.05) is 13.2 Å². The number of esters is 1. The van der Waals surface area contributed by atoms with Crippen LogP contribution in [-0.2, 0) is 14.3 Å². The first-order chi connectivity index (χ1) is 41.5. The van der Waals surface area contributed by atoms with Crippen molar-refractivity contribution in [3.63, 3.8) is 0 Å². The van der Waals surface area contributed by atoms with Crippen molar-refractivity contribution >= 4 is 11.9 Å². The van der Waals surface area contributed by atoms with Crippen LogP contribution in [0.1, 0.15) is 438 Å². The van der Waals surface area contributed by atoms with Crippen LogP contribution in [0.4, 0.5) is 0 Å². The summed E-state index contributed by atoms with van der Waals surface area (Å²) < 4.78 is 5.51. The molecule has 0 heterocycles. The van der Waals surface area contributed by atoms with E-state index in [4.69, 9.17) is 4.74 Å². The highest BCUT2D eigenvalue weighted by Crippen LogP contribution is 2.20. The molecule has 6 nitrogen and oxygen atoms in total. The first-order valence-corrected chi connectivity index (χ1v) is 38.6. The molecule has 1 amide bonds. The van der Waals surface area contributed by atoms with Crippen molar-refractivity contribution in [2.45, 2.75) is 450 Å². The highest BCUT2D eigenvalue weighted by molar-refractivity contribution is 5.76. The molecule has 0 aliphatic rings. The van der Waals surface area contributed by atoms with E-state index in [9.17, 15) is 19.8 Å². The third kappa shape index (κ3) is 69.4. The Morgan fingerprint density at radius 2 is 0.595 bits per heavy atom. The van der Waals surface area contributed by atoms with Crippen LogP contribution in [0.2, 0.25) is 0 Å². The van der Waals surface area contributed by atoms with Crippen LogP contribution in [0.25, 0.3) is 0 Å². The van der Waals surface area contributed by atoms with Gasteiger partial charge in [0, 0.05) is 12.8 Å². The Balaban J connectivity index is 3.33. The van der Waals surface area contributed by atoms with Crippen molar-refractivity contribution in [1.29, 1.82) is 0 Å². The molecule has 0 saturated carbocycles. The van der Waals surface area contributed by atoms with Crippen molar-refractivity contribution in [2.24, 2.45) is 0 Å². The first-order valence-electron chi connectivity index (χ1n) is 38.6. The molecule has 0 rings (SSSR count). The van der Waals surface area contributed by atoms with Crippen LogP contribution in [0.15, 0.2) is 24.3 Å². The monoisotopic (exact) mass is 1180 g/mol. The minimum absolute atomic E-state index is 0.0236. The molecule has 498 valence electrons. The predicted molar refractivity (Wildman–Crippen MR) is 370 cm³/mol. The van der Waals surface area contributed by atoms with Gasteiger partial charge in [0.15, 0.2) is 0 Å². The van der Waals surface area contributed by atoms with Gasteiger partial charge in [-0.3, -0.25) is 9.59 Å². The maximum absolute atomic E-state index is 12.5. The van der Waals surface area contributed by atoms with E-state index in [1.165, 1.54) is 360 Å². The number of aliphatic hydroxyl groups is 2. The highest BCUT2D eigenvalue weighted by atomic mass is 16.5. The number of unbranched alkanes of at least 4 members (excludes halogenated alkanes) is 58. The van der Waals surface area contributed by atoms with Gasteiger partial charge in [-0.15, -0.1) is 0 Å². The molecule has 0 aliphatic carbocycles. The van der Waals surface area contributed by atoms with Crippen LogP contribution in [0, 0.1) is 0 Å². The Morgan fingerprint density at radius 3 is 0.905 bits per heavy atom.